The molecule has 0 fully saturated rings. The number of para-hydroxylation sites is 1. The molecule has 0 N–H and O–H groups in total. The SMILES string of the molecule is CC1=N/C(=C\C=C\c2ccccc2)C(=O)N1n1c(-c2ccccc2)nc2ccccc2c1=O. The van der Waals surface area contributed by atoms with Crippen LogP contribution in [0.4, 0.5) is 0 Å². The number of allylic oxidation sites excluding steroid dienone is 2. The van der Waals surface area contributed by atoms with E-state index < -0.39 is 0 Å². The molecule has 1 aliphatic rings. The van der Waals surface area contributed by atoms with Gasteiger partial charge in [0.05, 0.1) is 10.9 Å². The van der Waals surface area contributed by atoms with Gasteiger partial charge in [-0.25, -0.2) is 9.98 Å². The fraction of sp³-hybridized carbons (Fsp3) is 0.0370. The van der Waals surface area contributed by atoms with Gasteiger partial charge >= 0.3 is 0 Å². The molecule has 6 nitrogen and oxygen atoms in total. The van der Waals surface area contributed by atoms with Gasteiger partial charge in [-0.2, -0.15) is 9.69 Å². The van der Waals surface area contributed by atoms with Crippen molar-refractivity contribution in [1.29, 1.82) is 0 Å². The minimum atomic E-state index is -0.387. The van der Waals surface area contributed by atoms with Gasteiger partial charge in [-0.15, -0.1) is 0 Å². The van der Waals surface area contributed by atoms with E-state index in [-0.39, 0.29) is 17.2 Å². The summed E-state index contributed by atoms with van der Waals surface area (Å²) in [6.45, 7) is 1.70. The first-order chi connectivity index (χ1) is 16.1. The van der Waals surface area contributed by atoms with Gasteiger partial charge in [-0.3, -0.25) is 9.59 Å². The van der Waals surface area contributed by atoms with Crippen molar-refractivity contribution >= 4 is 28.7 Å². The van der Waals surface area contributed by atoms with Gasteiger partial charge in [0, 0.05) is 5.56 Å². The molecule has 160 valence electrons. The van der Waals surface area contributed by atoms with E-state index in [9.17, 15) is 9.59 Å². The zero-order valence-electron chi connectivity index (χ0n) is 17.9. The molecular weight excluding hydrogens is 412 g/mol. The molecule has 0 atom stereocenters. The van der Waals surface area contributed by atoms with E-state index in [0.29, 0.717) is 22.6 Å². The smallest absolute Gasteiger partial charge is 0.267 e. The van der Waals surface area contributed by atoms with Crippen LogP contribution in [0.2, 0.25) is 0 Å². The van der Waals surface area contributed by atoms with Crippen LogP contribution < -0.4 is 10.6 Å². The number of rotatable bonds is 4. The third kappa shape index (κ3) is 3.78. The van der Waals surface area contributed by atoms with Crippen molar-refractivity contribution in [3.05, 3.63) is 119 Å². The minimum Gasteiger partial charge on any atom is -0.267 e. The summed E-state index contributed by atoms with van der Waals surface area (Å²) < 4.78 is 1.32. The van der Waals surface area contributed by atoms with E-state index in [0.717, 1.165) is 11.1 Å². The van der Waals surface area contributed by atoms with E-state index in [1.54, 1.807) is 37.3 Å². The molecule has 0 aliphatic carbocycles. The van der Waals surface area contributed by atoms with Crippen LogP contribution in [0.15, 0.2) is 113 Å². The van der Waals surface area contributed by atoms with Crippen LogP contribution in [-0.4, -0.2) is 21.4 Å². The van der Waals surface area contributed by atoms with Gasteiger partial charge in [0.1, 0.15) is 11.5 Å². The van der Waals surface area contributed by atoms with Crippen molar-refractivity contribution < 1.29 is 4.79 Å². The molecule has 2 heterocycles. The number of amides is 1. The zero-order valence-corrected chi connectivity index (χ0v) is 17.9. The quantitative estimate of drug-likeness (QED) is 0.444. The molecule has 4 aromatic rings. The molecule has 1 aliphatic heterocycles. The lowest BCUT2D eigenvalue weighted by molar-refractivity contribution is -0.115. The van der Waals surface area contributed by atoms with Gasteiger partial charge < -0.3 is 0 Å². The average molecular weight is 432 g/mol. The third-order valence-electron chi connectivity index (χ3n) is 5.33. The Morgan fingerprint density at radius 3 is 2.24 bits per heavy atom. The lowest BCUT2D eigenvalue weighted by atomic mass is 10.2. The monoisotopic (exact) mass is 432 g/mol. The van der Waals surface area contributed by atoms with Crippen LogP contribution in [0, 0.1) is 0 Å². The van der Waals surface area contributed by atoms with Gasteiger partial charge in [-0.05, 0) is 30.7 Å². The Morgan fingerprint density at radius 2 is 1.48 bits per heavy atom. The van der Waals surface area contributed by atoms with Gasteiger partial charge in [-0.1, -0.05) is 84.9 Å². The van der Waals surface area contributed by atoms with Gasteiger partial charge in [0.25, 0.3) is 11.5 Å². The fourth-order valence-electron chi connectivity index (χ4n) is 3.77. The molecule has 0 saturated carbocycles. The highest BCUT2D eigenvalue weighted by Gasteiger charge is 2.32. The van der Waals surface area contributed by atoms with E-state index in [2.05, 4.69) is 4.99 Å². The summed E-state index contributed by atoms with van der Waals surface area (Å²) in [5, 5.41) is 1.73. The van der Waals surface area contributed by atoms with Crippen molar-refractivity contribution in [3.8, 4) is 11.4 Å². The minimum absolute atomic E-state index is 0.249. The van der Waals surface area contributed by atoms with E-state index >= 15 is 0 Å². The van der Waals surface area contributed by atoms with Crippen molar-refractivity contribution in [3.63, 3.8) is 0 Å². The summed E-state index contributed by atoms with van der Waals surface area (Å²) in [6.07, 6.45) is 5.33. The zero-order chi connectivity index (χ0) is 22.8. The Kier molecular flexibility index (Phi) is 5.24. The van der Waals surface area contributed by atoms with Crippen molar-refractivity contribution in [2.75, 3.05) is 5.01 Å². The number of carbonyl (C=O) groups is 1. The number of aliphatic imine (C=N–C) groups is 1. The molecule has 1 amide bonds. The molecule has 3 aromatic carbocycles. The van der Waals surface area contributed by atoms with Crippen LogP contribution in [0.1, 0.15) is 12.5 Å². The molecular formula is C27H20N4O2. The number of amidine groups is 1. The number of carbonyl (C=O) groups excluding carboxylic acids is 1. The molecule has 0 spiro atoms. The first-order valence-electron chi connectivity index (χ1n) is 10.5. The fourth-order valence-corrected chi connectivity index (χ4v) is 3.77. The van der Waals surface area contributed by atoms with E-state index in [4.69, 9.17) is 4.98 Å². The summed E-state index contributed by atoms with van der Waals surface area (Å²) in [7, 11) is 0. The first-order valence-corrected chi connectivity index (χ1v) is 10.5. The molecule has 0 radical (unpaired) electrons. The average Bonchev–Trinajstić information content (AvgIpc) is 3.13. The van der Waals surface area contributed by atoms with E-state index in [1.807, 2.05) is 72.8 Å². The lowest BCUT2D eigenvalue weighted by Gasteiger charge is -2.22. The Morgan fingerprint density at radius 1 is 0.818 bits per heavy atom. The highest BCUT2D eigenvalue weighted by Crippen LogP contribution is 2.22. The van der Waals surface area contributed by atoms with Crippen molar-refractivity contribution in [2.24, 2.45) is 4.99 Å². The predicted octanol–water partition coefficient (Wildman–Crippen LogP) is 4.56. The second kappa shape index (κ2) is 8.51. The topological polar surface area (TPSA) is 67.6 Å². The Balaban J connectivity index is 1.62. The summed E-state index contributed by atoms with van der Waals surface area (Å²) in [6, 6.07) is 26.2. The number of fused-ring (bicyclic) bond motifs is 1. The molecule has 0 bridgehead atoms. The molecule has 0 unspecified atom stereocenters. The summed E-state index contributed by atoms with van der Waals surface area (Å²) in [4.78, 5) is 36.1. The summed E-state index contributed by atoms with van der Waals surface area (Å²) in [5.74, 6) is 0.389. The largest absolute Gasteiger partial charge is 0.297 e. The van der Waals surface area contributed by atoms with Crippen LogP contribution in [0.5, 0.6) is 0 Å². The van der Waals surface area contributed by atoms with Gasteiger partial charge in [0.15, 0.2) is 5.82 Å². The van der Waals surface area contributed by atoms with Crippen LogP contribution in [-0.2, 0) is 4.79 Å². The Bertz CT molecular complexity index is 1500. The van der Waals surface area contributed by atoms with Crippen LogP contribution in [0.25, 0.3) is 28.4 Å². The van der Waals surface area contributed by atoms with Crippen LogP contribution >= 0.6 is 0 Å². The molecule has 33 heavy (non-hydrogen) atoms. The standard InChI is InChI=1S/C27H20N4O2/c1-19-28-24(18-10-13-20-11-4-2-5-12-20)27(33)30(19)31-25(21-14-6-3-7-15-21)29-23-17-9-8-16-22(23)26(31)32/h2-18H,1H3/b13-10+,24-18-. The molecule has 1 aromatic heterocycles. The third-order valence-corrected chi connectivity index (χ3v) is 5.33. The lowest BCUT2D eigenvalue weighted by Crippen LogP contribution is -2.47. The number of hydrogen-bond donors (Lipinski definition) is 0. The molecule has 6 heteroatoms. The second-order valence-corrected chi connectivity index (χ2v) is 7.53. The highest BCUT2D eigenvalue weighted by atomic mass is 16.2. The highest BCUT2D eigenvalue weighted by molar-refractivity contribution is 6.22. The maximum absolute atomic E-state index is 13.5. The number of hydrogen-bond acceptors (Lipinski definition) is 4. The normalized spacial score (nSPS) is 15.1. The molecule has 0 saturated heterocycles. The maximum atomic E-state index is 13.5. The number of benzene rings is 3. The maximum Gasteiger partial charge on any atom is 0.297 e. The van der Waals surface area contributed by atoms with E-state index in [1.165, 1.54) is 9.69 Å². The predicted molar refractivity (Wildman–Crippen MR) is 131 cm³/mol. The van der Waals surface area contributed by atoms with Crippen molar-refractivity contribution in [2.45, 2.75) is 6.92 Å². The van der Waals surface area contributed by atoms with Crippen molar-refractivity contribution in [1.82, 2.24) is 9.66 Å². The van der Waals surface area contributed by atoms with Crippen LogP contribution in [0.3, 0.4) is 0 Å². The number of aromatic nitrogens is 2. The Labute approximate surface area is 190 Å². The number of nitrogens with zero attached hydrogens (tertiary/aromatic N) is 4. The Hall–Kier alpha value is -4.58. The molecule has 5 rings (SSSR count). The van der Waals surface area contributed by atoms with Gasteiger partial charge in [0.2, 0.25) is 0 Å². The second-order valence-electron chi connectivity index (χ2n) is 7.53. The summed E-state index contributed by atoms with van der Waals surface area (Å²) >= 11 is 0. The summed E-state index contributed by atoms with van der Waals surface area (Å²) in [5.41, 5.74) is 2.23. The first kappa shape index (κ1) is 20.3.